The Bertz CT molecular complexity index is 284. The normalized spacial score (nSPS) is 9.42. The van der Waals surface area contributed by atoms with Crippen LogP contribution in [0.5, 0.6) is 5.75 Å². The van der Waals surface area contributed by atoms with Gasteiger partial charge in [-0.1, -0.05) is 12.1 Å². The van der Waals surface area contributed by atoms with Crippen LogP contribution >= 0.6 is 0 Å². The Morgan fingerprint density at radius 1 is 1.50 bits per heavy atom. The van der Waals surface area contributed by atoms with Crippen molar-refractivity contribution in [3.05, 3.63) is 35.0 Å². The van der Waals surface area contributed by atoms with Crippen LogP contribution in [-0.4, -0.2) is 18.6 Å². The molecule has 0 unspecified atom stereocenters. The van der Waals surface area contributed by atoms with E-state index in [9.17, 15) is 5.21 Å². The molecule has 0 aliphatic heterocycles. The largest absolute Gasteiger partial charge is 0.624 e. The van der Waals surface area contributed by atoms with E-state index < -0.39 is 0 Å². The zero-order chi connectivity index (χ0) is 8.97. The number of benzene rings is 1. The van der Waals surface area contributed by atoms with Crippen LogP contribution in [0.1, 0.15) is 5.56 Å². The Morgan fingerprint density at radius 2 is 2.17 bits per heavy atom. The van der Waals surface area contributed by atoms with Gasteiger partial charge in [-0.25, -0.2) is 4.74 Å². The van der Waals surface area contributed by atoms with Crippen molar-refractivity contribution in [1.82, 2.24) is 0 Å². The molecule has 0 saturated heterocycles. The van der Waals surface area contributed by atoms with Crippen molar-refractivity contribution in [1.29, 1.82) is 0 Å². The molecule has 0 aliphatic rings. The third kappa shape index (κ3) is 1.99. The highest BCUT2D eigenvalue weighted by molar-refractivity contribution is 5.32. The second kappa shape index (κ2) is 3.76. The molecule has 0 spiro atoms. The van der Waals surface area contributed by atoms with E-state index in [0.29, 0.717) is 4.74 Å². The van der Waals surface area contributed by atoms with Gasteiger partial charge in [-0.2, -0.15) is 0 Å². The van der Waals surface area contributed by atoms with Crippen molar-refractivity contribution in [3.8, 4) is 5.75 Å². The molecule has 0 aromatic heterocycles. The number of rotatable bonds is 3. The Hall–Kier alpha value is -1.51. The summed E-state index contributed by atoms with van der Waals surface area (Å²) in [5.74, 6) is 0.724. The summed E-state index contributed by atoms with van der Waals surface area (Å²) in [6.45, 7) is 3.49. The van der Waals surface area contributed by atoms with E-state index in [4.69, 9.17) is 4.74 Å². The minimum absolute atomic E-state index is 0.254. The molecule has 12 heavy (non-hydrogen) atoms. The van der Waals surface area contributed by atoms with Gasteiger partial charge in [0, 0.05) is 0 Å². The molecule has 1 aromatic carbocycles. The van der Waals surface area contributed by atoms with Crippen LogP contribution < -0.4 is 4.74 Å². The van der Waals surface area contributed by atoms with E-state index in [1.807, 2.05) is 24.3 Å². The van der Waals surface area contributed by atoms with E-state index >= 15 is 0 Å². The van der Waals surface area contributed by atoms with Crippen LogP contribution in [0.4, 0.5) is 0 Å². The maximum atomic E-state index is 10.6. The molecular weight excluding hydrogens is 154 g/mol. The smallest absolute Gasteiger partial charge is 0.181 e. The zero-order valence-corrected chi connectivity index (χ0v) is 6.99. The second-order valence-corrected chi connectivity index (χ2v) is 2.45. The molecule has 0 radical (unpaired) electrons. The summed E-state index contributed by atoms with van der Waals surface area (Å²) in [6.07, 6.45) is 0. The Labute approximate surface area is 71.5 Å². The van der Waals surface area contributed by atoms with E-state index in [1.165, 1.54) is 0 Å². The van der Waals surface area contributed by atoms with Gasteiger partial charge in [0.25, 0.3) is 0 Å². The minimum Gasteiger partial charge on any atom is -0.624 e. The van der Waals surface area contributed by atoms with Crippen LogP contribution in [0, 0.1) is 5.21 Å². The van der Waals surface area contributed by atoms with Crippen LogP contribution in [0.25, 0.3) is 0 Å². The minimum atomic E-state index is 0.254. The quantitative estimate of drug-likeness (QED) is 0.294. The Balaban J connectivity index is 2.89. The van der Waals surface area contributed by atoms with Gasteiger partial charge in [-0.3, -0.25) is 0 Å². The van der Waals surface area contributed by atoms with Crippen molar-refractivity contribution in [2.24, 2.45) is 0 Å². The number of methoxy groups -OCH3 is 1. The van der Waals surface area contributed by atoms with Crippen LogP contribution in [-0.2, 0) is 6.54 Å². The second-order valence-electron chi connectivity index (χ2n) is 2.45. The van der Waals surface area contributed by atoms with E-state index in [1.54, 1.807) is 7.11 Å². The molecule has 0 bridgehead atoms. The number of hydrogen-bond acceptors (Lipinski definition) is 2. The fourth-order valence-electron chi connectivity index (χ4n) is 1.02. The van der Waals surface area contributed by atoms with Crippen molar-refractivity contribution in [2.75, 3.05) is 7.11 Å². The number of hydroxylamine groups is 1. The first-order chi connectivity index (χ1) is 5.74. The van der Waals surface area contributed by atoms with Gasteiger partial charge in [0.15, 0.2) is 6.54 Å². The average Bonchev–Trinajstić information content (AvgIpc) is 2.04. The fourth-order valence-corrected chi connectivity index (χ4v) is 1.02. The predicted octanol–water partition coefficient (Wildman–Crippen LogP) is 1.41. The summed E-state index contributed by atoms with van der Waals surface area (Å²) in [6, 6.07) is 7.38. The lowest BCUT2D eigenvalue weighted by molar-refractivity contribution is -0.465. The molecule has 0 amide bonds. The van der Waals surface area contributed by atoms with Crippen molar-refractivity contribution < 1.29 is 9.48 Å². The average molecular weight is 165 g/mol. The highest BCUT2D eigenvalue weighted by Crippen LogP contribution is 2.17. The summed E-state index contributed by atoms with van der Waals surface area (Å²) in [4.78, 5) is 0. The lowest BCUT2D eigenvalue weighted by atomic mass is 10.2. The van der Waals surface area contributed by atoms with Crippen molar-refractivity contribution >= 4 is 6.72 Å². The molecule has 0 aliphatic carbocycles. The van der Waals surface area contributed by atoms with E-state index in [0.717, 1.165) is 11.3 Å². The zero-order valence-electron chi connectivity index (χ0n) is 6.99. The third-order valence-electron chi connectivity index (χ3n) is 1.54. The number of nitrogens with zero attached hydrogens (tertiary/aromatic N) is 1. The maximum absolute atomic E-state index is 10.6. The highest BCUT2D eigenvalue weighted by Gasteiger charge is 2.03. The number of ether oxygens (including phenoxy) is 1. The standard InChI is InChI=1S/C9H11NO2/c1-10(11)7-8-5-3-4-6-9(8)12-2/h3-6H,1,7H2,2H3. The molecule has 64 valence electrons. The molecule has 3 heteroatoms. The summed E-state index contributed by atoms with van der Waals surface area (Å²) >= 11 is 0. The summed E-state index contributed by atoms with van der Waals surface area (Å²) in [5, 5.41) is 10.6. The fraction of sp³-hybridized carbons (Fsp3) is 0.222. The van der Waals surface area contributed by atoms with Gasteiger partial charge in [0.05, 0.1) is 12.7 Å². The van der Waals surface area contributed by atoms with Gasteiger partial charge in [-0.15, -0.1) is 0 Å². The SMILES string of the molecule is C=[N+]([O-])Cc1ccccc1OC. The van der Waals surface area contributed by atoms with Gasteiger partial charge >= 0.3 is 0 Å². The molecule has 0 N–H and O–H groups in total. The van der Waals surface area contributed by atoms with Gasteiger partial charge in [0.1, 0.15) is 12.5 Å². The summed E-state index contributed by atoms with van der Waals surface area (Å²) < 4.78 is 5.68. The Morgan fingerprint density at radius 3 is 2.75 bits per heavy atom. The van der Waals surface area contributed by atoms with Crippen LogP contribution in [0.2, 0.25) is 0 Å². The number of para-hydroxylation sites is 1. The maximum Gasteiger partial charge on any atom is 0.181 e. The van der Waals surface area contributed by atoms with E-state index in [-0.39, 0.29) is 6.54 Å². The Kier molecular flexibility index (Phi) is 2.69. The first kappa shape index (κ1) is 8.59. The first-order valence-corrected chi connectivity index (χ1v) is 3.61. The number of hydrogen-bond donors (Lipinski definition) is 0. The van der Waals surface area contributed by atoms with Gasteiger partial charge < -0.3 is 9.94 Å². The van der Waals surface area contributed by atoms with Gasteiger partial charge in [0.2, 0.25) is 0 Å². The highest BCUT2D eigenvalue weighted by atomic mass is 16.5. The summed E-state index contributed by atoms with van der Waals surface area (Å²) in [5.41, 5.74) is 0.852. The van der Waals surface area contributed by atoms with Crippen LogP contribution in [0.15, 0.2) is 24.3 Å². The van der Waals surface area contributed by atoms with Gasteiger partial charge in [-0.05, 0) is 12.1 Å². The lowest BCUT2D eigenvalue weighted by Crippen LogP contribution is -2.01. The first-order valence-electron chi connectivity index (χ1n) is 3.61. The molecule has 0 fully saturated rings. The molecule has 0 atom stereocenters. The predicted molar refractivity (Wildman–Crippen MR) is 47.4 cm³/mol. The molecule has 3 nitrogen and oxygen atoms in total. The summed E-state index contributed by atoms with van der Waals surface area (Å²) in [7, 11) is 1.58. The van der Waals surface area contributed by atoms with Crippen LogP contribution in [0.3, 0.4) is 0 Å². The molecular formula is C9H11NO2. The van der Waals surface area contributed by atoms with E-state index in [2.05, 4.69) is 6.72 Å². The monoisotopic (exact) mass is 165 g/mol. The topological polar surface area (TPSA) is 35.3 Å². The molecule has 0 saturated carbocycles. The van der Waals surface area contributed by atoms with Crippen molar-refractivity contribution in [3.63, 3.8) is 0 Å². The lowest BCUT2D eigenvalue weighted by Gasteiger charge is -2.06. The van der Waals surface area contributed by atoms with Crippen molar-refractivity contribution in [2.45, 2.75) is 6.54 Å². The molecule has 1 rings (SSSR count). The third-order valence-corrected chi connectivity index (χ3v) is 1.54. The molecule has 1 aromatic rings. The molecule has 0 heterocycles.